The molecule has 1 heterocycles. The number of halogens is 2. The average molecular weight is 295 g/mol. The minimum absolute atomic E-state index is 0.0919. The van der Waals surface area contributed by atoms with Crippen molar-refractivity contribution in [1.82, 2.24) is 0 Å². The van der Waals surface area contributed by atoms with Crippen molar-refractivity contribution in [2.45, 2.75) is 25.3 Å². The summed E-state index contributed by atoms with van der Waals surface area (Å²) in [4.78, 5) is 2.11. The molecule has 2 aromatic rings. The molecule has 0 aliphatic heterocycles. The Morgan fingerprint density at radius 1 is 1.20 bits per heavy atom. The molecule has 1 aliphatic rings. The fourth-order valence-electron chi connectivity index (χ4n) is 2.62. The van der Waals surface area contributed by atoms with Crippen LogP contribution in [-0.2, 0) is 12.8 Å². The molecule has 0 radical (unpaired) electrons. The van der Waals surface area contributed by atoms with Crippen LogP contribution >= 0.6 is 11.3 Å². The molecule has 5 heteroatoms. The van der Waals surface area contributed by atoms with Crippen LogP contribution in [0, 0.1) is 11.6 Å². The summed E-state index contributed by atoms with van der Waals surface area (Å²) in [5.74, 6) is -1.17. The van der Waals surface area contributed by atoms with E-state index in [1.165, 1.54) is 29.7 Å². The van der Waals surface area contributed by atoms with Crippen LogP contribution < -0.4 is 10.5 Å². The molecule has 1 unspecified atom stereocenters. The van der Waals surface area contributed by atoms with Gasteiger partial charge in [0.15, 0.2) is 0 Å². The van der Waals surface area contributed by atoms with E-state index in [-0.39, 0.29) is 11.3 Å². The molecular formula is C15H15F2NOS. The van der Waals surface area contributed by atoms with Crippen molar-refractivity contribution in [3.8, 4) is 5.75 Å². The van der Waals surface area contributed by atoms with Gasteiger partial charge in [0.2, 0.25) is 0 Å². The van der Waals surface area contributed by atoms with Crippen molar-refractivity contribution in [3.63, 3.8) is 0 Å². The Morgan fingerprint density at radius 3 is 2.50 bits per heavy atom. The highest BCUT2D eigenvalue weighted by molar-refractivity contribution is 7.12. The second-order valence-corrected chi connectivity index (χ2v) is 6.10. The van der Waals surface area contributed by atoms with Crippen molar-refractivity contribution in [2.75, 3.05) is 7.11 Å². The monoisotopic (exact) mass is 295 g/mol. The Bertz CT molecular complexity index is 609. The third-order valence-electron chi connectivity index (χ3n) is 3.67. The first kappa shape index (κ1) is 13.5. The molecule has 1 atom stereocenters. The summed E-state index contributed by atoms with van der Waals surface area (Å²) in [6.45, 7) is 0. The summed E-state index contributed by atoms with van der Waals surface area (Å²) >= 11 is 1.56. The maximum Gasteiger partial charge on any atom is 0.134 e. The Balaban J connectivity index is 1.99. The van der Waals surface area contributed by atoms with Gasteiger partial charge in [-0.3, -0.25) is 0 Å². The number of nitrogens with two attached hydrogens (primary N) is 1. The molecule has 0 saturated heterocycles. The smallest absolute Gasteiger partial charge is 0.134 e. The van der Waals surface area contributed by atoms with Gasteiger partial charge < -0.3 is 10.5 Å². The summed E-state index contributed by atoms with van der Waals surface area (Å²) < 4.78 is 32.9. The molecule has 20 heavy (non-hydrogen) atoms. The summed E-state index contributed by atoms with van der Waals surface area (Å²) in [7, 11) is 1.37. The van der Waals surface area contributed by atoms with Gasteiger partial charge in [0.25, 0.3) is 0 Å². The van der Waals surface area contributed by atoms with Crippen molar-refractivity contribution < 1.29 is 13.5 Å². The molecule has 0 fully saturated rings. The number of ether oxygens (including phenoxy) is 1. The molecule has 0 saturated carbocycles. The zero-order chi connectivity index (χ0) is 14.3. The van der Waals surface area contributed by atoms with Crippen molar-refractivity contribution in [2.24, 2.45) is 5.73 Å². The van der Waals surface area contributed by atoms with E-state index in [0.29, 0.717) is 0 Å². The number of aryl methyl sites for hydroxylation is 2. The topological polar surface area (TPSA) is 35.2 Å². The number of fused-ring (bicyclic) bond motifs is 1. The SMILES string of the molecule is COc1cc(F)c(C(N)c2cc3c(s2)CCC3)c(F)c1. The Kier molecular flexibility index (Phi) is 3.48. The average Bonchev–Trinajstić information content (AvgIpc) is 2.98. The maximum atomic E-state index is 14.0. The van der Waals surface area contributed by atoms with E-state index in [0.717, 1.165) is 24.1 Å². The van der Waals surface area contributed by atoms with E-state index in [1.807, 2.05) is 6.07 Å². The number of rotatable bonds is 3. The van der Waals surface area contributed by atoms with Gasteiger partial charge in [0, 0.05) is 27.5 Å². The minimum atomic E-state index is -0.767. The maximum absolute atomic E-state index is 14.0. The highest BCUT2D eigenvalue weighted by atomic mass is 32.1. The van der Waals surface area contributed by atoms with Crippen LogP contribution in [-0.4, -0.2) is 7.11 Å². The lowest BCUT2D eigenvalue weighted by atomic mass is 10.0. The molecule has 0 spiro atoms. The zero-order valence-corrected chi connectivity index (χ0v) is 11.9. The highest BCUT2D eigenvalue weighted by Crippen LogP contribution is 2.37. The molecule has 3 rings (SSSR count). The summed E-state index contributed by atoms with van der Waals surface area (Å²) in [6.07, 6.45) is 3.23. The summed E-state index contributed by atoms with van der Waals surface area (Å²) in [6, 6.07) is 3.55. The number of methoxy groups -OCH3 is 1. The van der Waals surface area contributed by atoms with Gasteiger partial charge >= 0.3 is 0 Å². The van der Waals surface area contributed by atoms with Gasteiger partial charge in [-0.05, 0) is 30.9 Å². The lowest BCUT2D eigenvalue weighted by Gasteiger charge is -2.13. The number of benzene rings is 1. The highest BCUT2D eigenvalue weighted by Gasteiger charge is 2.24. The fraction of sp³-hybridized carbons (Fsp3) is 0.333. The van der Waals surface area contributed by atoms with Gasteiger partial charge in [-0.25, -0.2) is 8.78 Å². The van der Waals surface area contributed by atoms with Crippen molar-refractivity contribution in [3.05, 3.63) is 50.7 Å². The quantitative estimate of drug-likeness (QED) is 0.939. The summed E-state index contributed by atoms with van der Waals surface area (Å²) in [5, 5.41) is 0. The molecule has 0 bridgehead atoms. The number of hydrogen-bond donors (Lipinski definition) is 1. The third kappa shape index (κ3) is 2.21. The number of thiophene rings is 1. The molecule has 0 amide bonds. The largest absolute Gasteiger partial charge is 0.497 e. The zero-order valence-electron chi connectivity index (χ0n) is 11.1. The molecule has 1 aromatic heterocycles. The van der Waals surface area contributed by atoms with E-state index in [4.69, 9.17) is 10.5 Å². The van der Waals surface area contributed by atoms with E-state index in [2.05, 4.69) is 0 Å². The first-order valence-corrected chi connectivity index (χ1v) is 7.31. The van der Waals surface area contributed by atoms with Gasteiger partial charge in [0.05, 0.1) is 13.2 Å². The van der Waals surface area contributed by atoms with Crippen LogP contribution in [0.5, 0.6) is 5.75 Å². The van der Waals surface area contributed by atoms with E-state index < -0.39 is 17.7 Å². The molecule has 2 N–H and O–H groups in total. The molecular weight excluding hydrogens is 280 g/mol. The van der Waals surface area contributed by atoms with Gasteiger partial charge in [-0.2, -0.15) is 0 Å². The van der Waals surface area contributed by atoms with Gasteiger partial charge in [-0.1, -0.05) is 0 Å². The molecule has 1 aromatic carbocycles. The van der Waals surface area contributed by atoms with E-state index in [1.54, 1.807) is 11.3 Å². The minimum Gasteiger partial charge on any atom is -0.497 e. The number of hydrogen-bond acceptors (Lipinski definition) is 3. The second-order valence-electron chi connectivity index (χ2n) is 4.93. The Hall–Kier alpha value is -1.46. The van der Waals surface area contributed by atoms with E-state index in [9.17, 15) is 8.78 Å². The summed E-state index contributed by atoms with van der Waals surface area (Å²) in [5.41, 5.74) is 7.24. The van der Waals surface area contributed by atoms with Crippen LogP contribution in [0.2, 0.25) is 0 Å². The lowest BCUT2D eigenvalue weighted by molar-refractivity contribution is 0.404. The first-order valence-electron chi connectivity index (χ1n) is 6.50. The van der Waals surface area contributed by atoms with Crippen LogP contribution in [0.3, 0.4) is 0 Å². The second kappa shape index (κ2) is 5.14. The van der Waals surface area contributed by atoms with Crippen LogP contribution in [0.1, 0.15) is 33.3 Å². The lowest BCUT2D eigenvalue weighted by Crippen LogP contribution is -2.14. The van der Waals surface area contributed by atoms with Crippen LogP contribution in [0.4, 0.5) is 8.78 Å². The predicted octanol–water partition coefficient (Wildman–Crippen LogP) is 3.57. The Morgan fingerprint density at radius 2 is 1.90 bits per heavy atom. The third-order valence-corrected chi connectivity index (χ3v) is 4.99. The standard InChI is InChI=1S/C15H15F2NOS/c1-19-9-6-10(16)14(11(17)7-9)15(18)13-5-8-3-2-4-12(8)20-13/h5-7,15H,2-4,18H2,1H3. The molecule has 2 nitrogen and oxygen atoms in total. The predicted molar refractivity (Wildman–Crippen MR) is 75.3 cm³/mol. The van der Waals surface area contributed by atoms with Gasteiger partial charge in [-0.15, -0.1) is 11.3 Å². The fourth-order valence-corrected chi connectivity index (χ4v) is 3.89. The Labute approximate surface area is 120 Å². The molecule has 106 valence electrons. The molecule has 1 aliphatic carbocycles. The van der Waals surface area contributed by atoms with E-state index >= 15 is 0 Å². The first-order chi connectivity index (χ1) is 9.60. The van der Waals surface area contributed by atoms with Crippen LogP contribution in [0.15, 0.2) is 18.2 Å². The van der Waals surface area contributed by atoms with Gasteiger partial charge in [0.1, 0.15) is 17.4 Å². The van der Waals surface area contributed by atoms with Crippen molar-refractivity contribution >= 4 is 11.3 Å². The van der Waals surface area contributed by atoms with Crippen molar-refractivity contribution in [1.29, 1.82) is 0 Å². The van der Waals surface area contributed by atoms with Crippen LogP contribution in [0.25, 0.3) is 0 Å². The normalized spacial score (nSPS) is 15.2.